The van der Waals surface area contributed by atoms with Crippen LogP contribution in [0.2, 0.25) is 0 Å². The summed E-state index contributed by atoms with van der Waals surface area (Å²) in [6.07, 6.45) is 6.98. The first-order valence-electron chi connectivity index (χ1n) is 10.1. The molecule has 1 unspecified atom stereocenters. The number of aryl methyl sites for hydroxylation is 1. The lowest BCUT2D eigenvalue weighted by Crippen LogP contribution is -2.50. The molecule has 9 nitrogen and oxygen atoms in total. The van der Waals surface area contributed by atoms with Gasteiger partial charge < -0.3 is 14.4 Å². The van der Waals surface area contributed by atoms with Crippen molar-refractivity contribution in [2.24, 2.45) is 0 Å². The van der Waals surface area contributed by atoms with Gasteiger partial charge in [-0.25, -0.2) is 23.1 Å². The molecule has 2 bridgehead atoms. The van der Waals surface area contributed by atoms with Crippen LogP contribution in [0.15, 0.2) is 6.33 Å². The summed E-state index contributed by atoms with van der Waals surface area (Å²) in [5.74, 6) is 0.586. The second-order valence-corrected chi connectivity index (χ2v) is 9.99. The van der Waals surface area contributed by atoms with Crippen molar-refractivity contribution >= 4 is 15.9 Å². The van der Waals surface area contributed by atoms with Crippen molar-refractivity contribution in [3.05, 3.63) is 17.6 Å². The number of fused-ring (bicyclic) bond motifs is 5. The molecule has 1 N–H and O–H groups in total. The van der Waals surface area contributed by atoms with Gasteiger partial charge in [-0.05, 0) is 44.9 Å². The summed E-state index contributed by atoms with van der Waals surface area (Å²) in [5.41, 5.74) is 1.88. The number of ether oxygens (including phenoxy) is 2. The highest BCUT2D eigenvalue weighted by atomic mass is 32.2. The van der Waals surface area contributed by atoms with Crippen molar-refractivity contribution in [3.8, 4) is 5.88 Å². The highest BCUT2D eigenvalue weighted by Crippen LogP contribution is 2.39. The van der Waals surface area contributed by atoms with E-state index in [-0.39, 0.29) is 30.7 Å². The van der Waals surface area contributed by atoms with Crippen LogP contribution in [0.4, 0.5) is 0 Å². The Morgan fingerprint density at radius 2 is 1.93 bits per heavy atom. The molecule has 5 rings (SSSR count). The third-order valence-electron chi connectivity index (χ3n) is 6.20. The van der Waals surface area contributed by atoms with Gasteiger partial charge in [-0.15, -0.1) is 0 Å². The van der Waals surface area contributed by atoms with E-state index in [4.69, 9.17) is 9.47 Å². The highest BCUT2D eigenvalue weighted by Gasteiger charge is 2.40. The van der Waals surface area contributed by atoms with Gasteiger partial charge in [0.05, 0.1) is 25.0 Å². The summed E-state index contributed by atoms with van der Waals surface area (Å²) < 4.78 is 38.2. The third-order valence-corrected chi connectivity index (χ3v) is 6.93. The average Bonchev–Trinajstić information content (AvgIpc) is 3.05. The van der Waals surface area contributed by atoms with Gasteiger partial charge in [-0.2, -0.15) is 0 Å². The van der Waals surface area contributed by atoms with Gasteiger partial charge in [-0.3, -0.25) is 4.79 Å². The predicted octanol–water partition coefficient (Wildman–Crippen LogP) is 0.739. The predicted molar refractivity (Wildman–Crippen MR) is 105 cm³/mol. The number of hydrogen-bond acceptors (Lipinski definition) is 7. The molecule has 1 aliphatic carbocycles. The molecule has 29 heavy (non-hydrogen) atoms. The summed E-state index contributed by atoms with van der Waals surface area (Å²) in [5, 5.41) is 0. The number of amides is 1. The molecule has 1 aromatic heterocycles. The first-order chi connectivity index (χ1) is 13.8. The van der Waals surface area contributed by atoms with Crippen LogP contribution >= 0.6 is 0 Å². The van der Waals surface area contributed by atoms with E-state index in [9.17, 15) is 13.2 Å². The van der Waals surface area contributed by atoms with Gasteiger partial charge in [0.15, 0.2) is 6.61 Å². The largest absolute Gasteiger partial charge is 0.467 e. The summed E-state index contributed by atoms with van der Waals surface area (Å²) in [7, 11) is -3.38. The summed E-state index contributed by atoms with van der Waals surface area (Å²) in [6.45, 7) is 2.60. The minimum atomic E-state index is -3.38. The molecule has 0 radical (unpaired) electrons. The monoisotopic (exact) mass is 424 g/mol. The lowest BCUT2D eigenvalue weighted by molar-refractivity contribution is -0.136. The van der Waals surface area contributed by atoms with E-state index in [2.05, 4.69) is 14.7 Å². The van der Waals surface area contributed by atoms with E-state index in [0.29, 0.717) is 31.4 Å². The summed E-state index contributed by atoms with van der Waals surface area (Å²) in [4.78, 5) is 23.2. The second kappa shape index (κ2) is 8.16. The fraction of sp³-hybridized carbons (Fsp3) is 0.737. The van der Waals surface area contributed by atoms with Crippen LogP contribution in [0.1, 0.15) is 49.3 Å². The average molecular weight is 425 g/mol. The molecule has 0 spiro atoms. The van der Waals surface area contributed by atoms with E-state index in [1.54, 1.807) is 4.90 Å². The first kappa shape index (κ1) is 20.5. The van der Waals surface area contributed by atoms with Crippen molar-refractivity contribution in [3.63, 3.8) is 0 Å². The van der Waals surface area contributed by atoms with Gasteiger partial charge in [0.1, 0.15) is 6.33 Å². The number of nitrogens with one attached hydrogen (secondary N) is 1. The third kappa shape index (κ3) is 4.54. The molecule has 10 heteroatoms. The van der Waals surface area contributed by atoms with E-state index in [1.807, 2.05) is 6.92 Å². The van der Waals surface area contributed by atoms with Crippen molar-refractivity contribution in [1.29, 1.82) is 0 Å². The highest BCUT2D eigenvalue weighted by molar-refractivity contribution is 7.88. The summed E-state index contributed by atoms with van der Waals surface area (Å²) in [6, 6.07) is -0.696. The fourth-order valence-corrected chi connectivity index (χ4v) is 5.62. The van der Waals surface area contributed by atoms with Gasteiger partial charge in [0.2, 0.25) is 15.9 Å². The Morgan fingerprint density at radius 3 is 2.66 bits per heavy atom. The summed E-state index contributed by atoms with van der Waals surface area (Å²) >= 11 is 0. The molecule has 1 amide bonds. The Hall–Kier alpha value is -1.78. The molecule has 160 valence electrons. The zero-order chi connectivity index (χ0) is 20.6. The van der Waals surface area contributed by atoms with Crippen molar-refractivity contribution in [2.45, 2.75) is 63.1 Å². The molecule has 4 aliphatic rings. The number of aromatic nitrogens is 2. The Balaban J connectivity index is 1.61. The minimum Gasteiger partial charge on any atom is -0.467 e. The number of sulfonamides is 1. The normalized spacial score (nSPS) is 30.6. The van der Waals surface area contributed by atoms with Gasteiger partial charge in [-0.1, -0.05) is 0 Å². The molecular formula is C19H28N4O5S. The van der Waals surface area contributed by atoms with Gasteiger partial charge in [0.25, 0.3) is 5.91 Å². The molecule has 2 atom stereocenters. The SMILES string of the molecule is Cc1ncnc2c1C1CCC(CC1)OCC1[C@@H](NS(C)(=O)=O)CCN1C(=O)CO2. The number of rotatable bonds is 2. The van der Waals surface area contributed by atoms with Crippen LogP contribution in [0.3, 0.4) is 0 Å². The maximum absolute atomic E-state index is 12.9. The zero-order valence-corrected chi connectivity index (χ0v) is 17.7. The minimum absolute atomic E-state index is 0.109. The molecule has 1 saturated carbocycles. The van der Waals surface area contributed by atoms with Crippen LogP contribution in [-0.2, 0) is 19.6 Å². The quantitative estimate of drug-likeness (QED) is 0.745. The van der Waals surface area contributed by atoms with Crippen LogP contribution in [-0.4, -0.2) is 73.4 Å². The maximum Gasteiger partial charge on any atom is 0.260 e. The Morgan fingerprint density at radius 1 is 1.17 bits per heavy atom. The van der Waals surface area contributed by atoms with Crippen LogP contribution in [0.5, 0.6) is 5.88 Å². The van der Waals surface area contributed by atoms with Crippen molar-refractivity contribution in [1.82, 2.24) is 19.6 Å². The number of carbonyl (C=O) groups is 1. The maximum atomic E-state index is 12.9. The standard InChI is InChI=1S/C19H28N4O5S/c1-12-18-13-3-5-14(6-4-13)27-9-16-15(22-29(2,25)26)7-8-23(16)17(24)10-28-19(18)21-11-20-12/h11,13-16,22H,3-10H2,1-2H3/t13?,14?,15-,16?/m0/s1. The molecule has 0 aromatic carbocycles. The zero-order valence-electron chi connectivity index (χ0n) is 16.8. The van der Waals surface area contributed by atoms with Crippen LogP contribution < -0.4 is 9.46 Å². The molecular weight excluding hydrogens is 396 g/mol. The number of nitrogens with zero attached hydrogens (tertiary/aromatic N) is 3. The smallest absolute Gasteiger partial charge is 0.260 e. The lowest BCUT2D eigenvalue weighted by Gasteiger charge is -2.32. The van der Waals surface area contributed by atoms with Gasteiger partial charge >= 0.3 is 0 Å². The van der Waals surface area contributed by atoms with Gasteiger partial charge in [0, 0.05) is 23.8 Å². The van der Waals surface area contributed by atoms with Crippen LogP contribution in [0, 0.1) is 6.92 Å². The lowest BCUT2D eigenvalue weighted by atomic mass is 9.82. The van der Waals surface area contributed by atoms with E-state index in [1.165, 1.54) is 6.33 Å². The molecule has 1 aromatic rings. The fourth-order valence-electron chi connectivity index (χ4n) is 4.79. The Labute approximate surface area is 171 Å². The molecule has 1 saturated heterocycles. The molecule has 3 aliphatic heterocycles. The topological polar surface area (TPSA) is 111 Å². The van der Waals surface area contributed by atoms with E-state index >= 15 is 0 Å². The Bertz CT molecular complexity index is 869. The first-order valence-corrected chi connectivity index (χ1v) is 12.0. The molecule has 2 fully saturated rings. The van der Waals surface area contributed by atoms with Crippen molar-refractivity contribution < 1.29 is 22.7 Å². The molecule has 4 heterocycles. The number of carbonyl (C=O) groups excluding carboxylic acids is 1. The Kier molecular flexibility index (Phi) is 5.76. The van der Waals surface area contributed by atoms with E-state index < -0.39 is 10.0 Å². The van der Waals surface area contributed by atoms with E-state index in [0.717, 1.165) is 43.2 Å². The number of hydrogen-bond donors (Lipinski definition) is 1. The van der Waals surface area contributed by atoms with Crippen molar-refractivity contribution in [2.75, 3.05) is 26.0 Å². The second-order valence-electron chi connectivity index (χ2n) is 8.21. The van der Waals surface area contributed by atoms with Crippen LogP contribution in [0.25, 0.3) is 0 Å².